The number of unbranched alkanes of at least 4 members (excludes halogenated alkanes) is 1. The van der Waals surface area contributed by atoms with Crippen molar-refractivity contribution >= 4 is 29.9 Å². The average Bonchev–Trinajstić information content (AvgIpc) is 2.60. The van der Waals surface area contributed by atoms with Crippen molar-refractivity contribution in [3.05, 3.63) is 29.8 Å². The number of nitrogens with zero attached hydrogens (tertiary/aromatic N) is 1. The number of methoxy groups -OCH3 is 1. The van der Waals surface area contributed by atoms with E-state index in [2.05, 4.69) is 28.6 Å². The lowest BCUT2D eigenvalue weighted by atomic mass is 10.0. The molecule has 0 bridgehead atoms. The first kappa shape index (κ1) is 23.0. The molecule has 0 radical (unpaired) electrons. The monoisotopic (exact) mass is 449 g/mol. The minimum absolute atomic E-state index is 0. The van der Waals surface area contributed by atoms with Crippen LogP contribution in [0.1, 0.15) is 38.2 Å². The Morgan fingerprint density at radius 2 is 1.96 bits per heavy atom. The lowest BCUT2D eigenvalue weighted by Gasteiger charge is -2.18. The maximum absolute atomic E-state index is 5.43. The van der Waals surface area contributed by atoms with Gasteiger partial charge in [-0.3, -0.25) is 4.99 Å². The molecule has 0 aromatic heterocycles. The fraction of sp³-hybridized carbons (Fsp3) is 0.611. The summed E-state index contributed by atoms with van der Waals surface area (Å²) >= 11 is 0. The molecule has 1 atom stereocenters. The van der Waals surface area contributed by atoms with Crippen molar-refractivity contribution in [1.29, 1.82) is 0 Å². The quantitative estimate of drug-likeness (QED) is 0.249. The number of ether oxygens (including phenoxy) is 2. The number of benzene rings is 1. The first-order chi connectivity index (χ1) is 11.2. The standard InChI is InChI=1S/C18H31N3O2.HI/c1-5-23-13-9-8-12-20-18(19-3)21-14-15(2)16-10-6-7-11-17(16)22-4;/h6-7,10-11,15H,5,8-9,12-14H2,1-4H3,(H2,19,20,21);1H. The smallest absolute Gasteiger partial charge is 0.190 e. The lowest BCUT2D eigenvalue weighted by Crippen LogP contribution is -2.39. The molecular formula is C18H32IN3O2. The van der Waals surface area contributed by atoms with Gasteiger partial charge in [0, 0.05) is 39.3 Å². The molecule has 1 aromatic carbocycles. The molecule has 24 heavy (non-hydrogen) atoms. The lowest BCUT2D eigenvalue weighted by molar-refractivity contribution is 0.143. The van der Waals surface area contributed by atoms with Crippen LogP contribution in [0, 0.1) is 0 Å². The molecule has 138 valence electrons. The zero-order valence-corrected chi connectivity index (χ0v) is 17.6. The fourth-order valence-corrected chi connectivity index (χ4v) is 2.33. The Balaban J connectivity index is 0.00000529. The molecule has 0 spiro atoms. The Hall–Kier alpha value is -1.02. The molecule has 0 aliphatic carbocycles. The maximum Gasteiger partial charge on any atom is 0.190 e. The predicted octanol–water partition coefficient (Wildman–Crippen LogP) is 3.40. The minimum Gasteiger partial charge on any atom is -0.496 e. The zero-order chi connectivity index (χ0) is 16.9. The van der Waals surface area contributed by atoms with E-state index in [0.29, 0.717) is 5.92 Å². The van der Waals surface area contributed by atoms with Gasteiger partial charge >= 0.3 is 0 Å². The summed E-state index contributed by atoms with van der Waals surface area (Å²) in [5.74, 6) is 2.10. The maximum atomic E-state index is 5.43. The Labute approximate surface area is 163 Å². The van der Waals surface area contributed by atoms with E-state index in [0.717, 1.165) is 50.9 Å². The summed E-state index contributed by atoms with van der Waals surface area (Å²) in [6.45, 7) is 7.52. The third-order valence-corrected chi connectivity index (χ3v) is 3.68. The molecule has 1 unspecified atom stereocenters. The van der Waals surface area contributed by atoms with Crippen LogP contribution < -0.4 is 15.4 Å². The van der Waals surface area contributed by atoms with E-state index in [1.165, 1.54) is 5.56 Å². The van der Waals surface area contributed by atoms with Crippen LogP contribution in [0.15, 0.2) is 29.3 Å². The van der Waals surface area contributed by atoms with Crippen molar-refractivity contribution < 1.29 is 9.47 Å². The van der Waals surface area contributed by atoms with Crippen LogP contribution in [-0.2, 0) is 4.74 Å². The van der Waals surface area contributed by atoms with E-state index >= 15 is 0 Å². The molecule has 0 fully saturated rings. The minimum atomic E-state index is 0. The molecule has 0 aliphatic rings. The van der Waals surface area contributed by atoms with Gasteiger partial charge in [0.2, 0.25) is 0 Å². The van der Waals surface area contributed by atoms with Crippen molar-refractivity contribution in [2.24, 2.45) is 4.99 Å². The van der Waals surface area contributed by atoms with Crippen LogP contribution in [0.5, 0.6) is 5.75 Å². The SMILES string of the molecule is CCOCCCCNC(=NC)NCC(C)c1ccccc1OC.I. The van der Waals surface area contributed by atoms with Crippen LogP contribution in [0.4, 0.5) is 0 Å². The number of nitrogens with one attached hydrogen (secondary N) is 2. The van der Waals surface area contributed by atoms with Gasteiger partial charge in [0.15, 0.2) is 5.96 Å². The molecule has 0 aliphatic heterocycles. The Morgan fingerprint density at radius 1 is 1.21 bits per heavy atom. The number of rotatable bonds is 10. The average molecular weight is 449 g/mol. The van der Waals surface area contributed by atoms with E-state index in [-0.39, 0.29) is 24.0 Å². The molecule has 0 amide bonds. The van der Waals surface area contributed by atoms with Crippen LogP contribution in [0.2, 0.25) is 0 Å². The zero-order valence-electron chi connectivity index (χ0n) is 15.3. The second-order valence-corrected chi connectivity index (χ2v) is 5.43. The molecule has 1 aromatic rings. The summed E-state index contributed by atoms with van der Waals surface area (Å²) in [7, 11) is 3.50. The molecule has 6 heteroatoms. The first-order valence-electron chi connectivity index (χ1n) is 8.38. The van der Waals surface area contributed by atoms with Gasteiger partial charge in [0.05, 0.1) is 7.11 Å². The summed E-state index contributed by atoms with van der Waals surface area (Å²) < 4.78 is 10.8. The largest absolute Gasteiger partial charge is 0.496 e. The van der Waals surface area contributed by atoms with Gasteiger partial charge in [-0.15, -0.1) is 24.0 Å². The second-order valence-electron chi connectivity index (χ2n) is 5.43. The summed E-state index contributed by atoms with van der Waals surface area (Å²) in [6.07, 6.45) is 2.14. The van der Waals surface area contributed by atoms with Gasteiger partial charge < -0.3 is 20.1 Å². The molecule has 0 saturated carbocycles. The molecule has 2 N–H and O–H groups in total. The van der Waals surface area contributed by atoms with Gasteiger partial charge in [-0.05, 0) is 31.4 Å². The number of guanidine groups is 1. The summed E-state index contributed by atoms with van der Waals surface area (Å²) in [5.41, 5.74) is 1.20. The number of hydrogen-bond donors (Lipinski definition) is 2. The highest BCUT2D eigenvalue weighted by Crippen LogP contribution is 2.25. The summed E-state index contributed by atoms with van der Waals surface area (Å²) in [5, 5.41) is 6.71. The van der Waals surface area contributed by atoms with Gasteiger partial charge in [-0.1, -0.05) is 25.1 Å². The van der Waals surface area contributed by atoms with Crippen molar-refractivity contribution in [3.63, 3.8) is 0 Å². The van der Waals surface area contributed by atoms with Gasteiger partial charge in [0.1, 0.15) is 5.75 Å². The Bertz CT molecular complexity index is 469. The summed E-state index contributed by atoms with van der Waals surface area (Å²) in [6, 6.07) is 8.14. The van der Waals surface area contributed by atoms with E-state index in [9.17, 15) is 0 Å². The summed E-state index contributed by atoms with van der Waals surface area (Å²) in [4.78, 5) is 4.26. The van der Waals surface area contributed by atoms with E-state index < -0.39 is 0 Å². The van der Waals surface area contributed by atoms with Crippen molar-refractivity contribution in [3.8, 4) is 5.75 Å². The highest BCUT2D eigenvalue weighted by Gasteiger charge is 2.11. The fourth-order valence-electron chi connectivity index (χ4n) is 2.33. The molecule has 1 rings (SSSR count). The number of hydrogen-bond acceptors (Lipinski definition) is 3. The third-order valence-electron chi connectivity index (χ3n) is 3.68. The van der Waals surface area contributed by atoms with Gasteiger partial charge in [-0.25, -0.2) is 0 Å². The van der Waals surface area contributed by atoms with Crippen molar-refractivity contribution in [2.45, 2.75) is 32.6 Å². The van der Waals surface area contributed by atoms with Crippen molar-refractivity contribution in [2.75, 3.05) is 40.5 Å². The van der Waals surface area contributed by atoms with Crippen LogP contribution in [-0.4, -0.2) is 46.4 Å². The number of para-hydroxylation sites is 1. The van der Waals surface area contributed by atoms with E-state index in [1.54, 1.807) is 14.2 Å². The molecule has 0 saturated heterocycles. The van der Waals surface area contributed by atoms with Gasteiger partial charge in [0.25, 0.3) is 0 Å². The van der Waals surface area contributed by atoms with Crippen LogP contribution in [0.3, 0.4) is 0 Å². The van der Waals surface area contributed by atoms with Gasteiger partial charge in [-0.2, -0.15) is 0 Å². The van der Waals surface area contributed by atoms with Crippen molar-refractivity contribution in [1.82, 2.24) is 10.6 Å². The Kier molecular flexibility index (Phi) is 13.7. The topological polar surface area (TPSA) is 54.9 Å². The Morgan fingerprint density at radius 3 is 2.62 bits per heavy atom. The third kappa shape index (κ3) is 8.73. The number of halogens is 1. The van der Waals surface area contributed by atoms with Crippen LogP contribution in [0.25, 0.3) is 0 Å². The predicted molar refractivity (Wildman–Crippen MR) is 112 cm³/mol. The molecule has 5 nitrogen and oxygen atoms in total. The normalized spacial score (nSPS) is 12.2. The second kappa shape index (κ2) is 14.3. The van der Waals surface area contributed by atoms with Crippen LogP contribution >= 0.6 is 24.0 Å². The molecule has 0 heterocycles. The highest BCUT2D eigenvalue weighted by molar-refractivity contribution is 14.0. The first-order valence-corrected chi connectivity index (χ1v) is 8.38. The van der Waals surface area contributed by atoms with E-state index in [1.807, 2.05) is 25.1 Å². The highest BCUT2D eigenvalue weighted by atomic mass is 127. The van der Waals surface area contributed by atoms with E-state index in [4.69, 9.17) is 9.47 Å². The molecular weight excluding hydrogens is 417 g/mol. The number of aliphatic imine (C=N–C) groups is 1.